The first kappa shape index (κ1) is 8.48. The van der Waals surface area contributed by atoms with Crippen LogP contribution >= 0.6 is 10.7 Å². The molecule has 1 aromatic rings. The Labute approximate surface area is 67.0 Å². The van der Waals surface area contributed by atoms with Gasteiger partial charge in [0.05, 0.1) is 0 Å². The first-order valence-electron chi connectivity index (χ1n) is 2.55. The Hall–Kier alpha value is -0.620. The average Bonchev–Trinajstić information content (AvgIpc) is 2.08. The van der Waals surface area contributed by atoms with Gasteiger partial charge >= 0.3 is 0 Å². The van der Waals surface area contributed by atoms with Crippen LogP contribution in [0, 0.1) is 5.95 Å². The smallest absolute Gasteiger partial charge is 0.267 e. The highest BCUT2D eigenvalue weighted by atomic mass is 35.7. The normalized spacial score (nSPS) is 11.9. The van der Waals surface area contributed by atoms with E-state index in [9.17, 15) is 12.8 Å². The van der Waals surface area contributed by atoms with Crippen molar-refractivity contribution in [3.05, 3.63) is 12.1 Å². The first-order chi connectivity index (χ1) is 4.91. The van der Waals surface area contributed by atoms with E-state index >= 15 is 0 Å². The molecular formula is C4H4ClFN2O2S. The summed E-state index contributed by atoms with van der Waals surface area (Å²) in [6.45, 7) is 0. The van der Waals surface area contributed by atoms with E-state index in [-0.39, 0.29) is 0 Å². The van der Waals surface area contributed by atoms with Gasteiger partial charge < -0.3 is 0 Å². The Bertz CT molecular complexity index is 371. The molecule has 0 saturated heterocycles. The molecule has 0 atom stereocenters. The van der Waals surface area contributed by atoms with Gasteiger partial charge in [0, 0.05) is 23.9 Å². The van der Waals surface area contributed by atoms with Crippen LogP contribution in [0.1, 0.15) is 0 Å². The van der Waals surface area contributed by atoms with Gasteiger partial charge in [0.1, 0.15) is 0 Å². The van der Waals surface area contributed by atoms with E-state index in [0.29, 0.717) is 0 Å². The molecule has 0 aliphatic carbocycles. The zero-order chi connectivity index (χ0) is 8.65. The molecule has 0 amide bonds. The van der Waals surface area contributed by atoms with Crippen LogP contribution in [0.2, 0.25) is 0 Å². The molecule has 0 spiro atoms. The third-order valence-electron chi connectivity index (χ3n) is 1.02. The fourth-order valence-corrected chi connectivity index (χ4v) is 1.43. The van der Waals surface area contributed by atoms with Crippen molar-refractivity contribution in [3.63, 3.8) is 0 Å². The van der Waals surface area contributed by atoms with E-state index < -0.39 is 19.9 Å². The van der Waals surface area contributed by atoms with Crippen LogP contribution in [0.25, 0.3) is 0 Å². The van der Waals surface area contributed by atoms with Crippen molar-refractivity contribution in [2.24, 2.45) is 7.05 Å². The summed E-state index contributed by atoms with van der Waals surface area (Å²) in [7, 11) is 2.25. The number of aromatic nitrogens is 2. The third-order valence-corrected chi connectivity index (χ3v) is 2.31. The van der Waals surface area contributed by atoms with E-state index in [1.807, 2.05) is 0 Å². The average molecular weight is 199 g/mol. The van der Waals surface area contributed by atoms with Gasteiger partial charge in [-0.3, -0.25) is 4.68 Å². The molecule has 62 valence electrons. The van der Waals surface area contributed by atoms with Gasteiger partial charge in [-0.2, -0.15) is 4.39 Å². The van der Waals surface area contributed by atoms with E-state index in [0.717, 1.165) is 10.9 Å². The molecule has 0 fully saturated rings. The van der Waals surface area contributed by atoms with E-state index in [2.05, 4.69) is 5.10 Å². The minimum Gasteiger partial charge on any atom is -0.271 e. The quantitative estimate of drug-likeness (QED) is 0.617. The molecule has 0 radical (unpaired) electrons. The fraction of sp³-hybridized carbons (Fsp3) is 0.250. The summed E-state index contributed by atoms with van der Waals surface area (Å²) in [6.07, 6.45) is 0.998. The zero-order valence-corrected chi connectivity index (χ0v) is 7.02. The highest BCUT2D eigenvalue weighted by Gasteiger charge is 2.19. The minimum absolute atomic E-state index is 0.596. The highest BCUT2D eigenvalue weighted by molar-refractivity contribution is 8.13. The van der Waals surface area contributed by atoms with E-state index in [1.165, 1.54) is 7.05 Å². The molecule has 4 nitrogen and oxygen atoms in total. The van der Waals surface area contributed by atoms with E-state index in [4.69, 9.17) is 10.7 Å². The number of hydrogen-bond acceptors (Lipinski definition) is 3. The second-order valence-corrected chi connectivity index (χ2v) is 4.43. The largest absolute Gasteiger partial charge is 0.271 e. The fourth-order valence-electron chi connectivity index (χ4n) is 0.603. The van der Waals surface area contributed by atoms with Gasteiger partial charge in [0.25, 0.3) is 15.0 Å². The van der Waals surface area contributed by atoms with Gasteiger partial charge in [-0.15, -0.1) is 5.10 Å². The molecular weight excluding hydrogens is 195 g/mol. The summed E-state index contributed by atoms with van der Waals surface area (Å²) in [5.41, 5.74) is 0. The molecule has 11 heavy (non-hydrogen) atoms. The van der Waals surface area contributed by atoms with Crippen molar-refractivity contribution in [2.45, 2.75) is 4.90 Å². The molecule has 1 aromatic heterocycles. The van der Waals surface area contributed by atoms with Crippen LogP contribution < -0.4 is 0 Å². The predicted octanol–water partition coefficient (Wildman–Crippen LogP) is 0.487. The van der Waals surface area contributed by atoms with Crippen molar-refractivity contribution in [3.8, 4) is 0 Å². The summed E-state index contributed by atoms with van der Waals surface area (Å²) in [5, 5.41) is 3.16. The highest BCUT2D eigenvalue weighted by Crippen LogP contribution is 2.16. The maximum absolute atomic E-state index is 12.5. The molecule has 0 bridgehead atoms. The number of nitrogens with zero attached hydrogens (tertiary/aromatic N) is 2. The van der Waals surface area contributed by atoms with Crippen molar-refractivity contribution in [2.75, 3.05) is 0 Å². The molecule has 0 aliphatic heterocycles. The lowest BCUT2D eigenvalue weighted by Crippen LogP contribution is -1.90. The maximum Gasteiger partial charge on any atom is 0.267 e. The van der Waals surface area contributed by atoms with Gasteiger partial charge in [0.2, 0.25) is 0 Å². The van der Waals surface area contributed by atoms with Crippen LogP contribution in [0.15, 0.2) is 11.1 Å². The second-order valence-electron chi connectivity index (χ2n) is 1.90. The van der Waals surface area contributed by atoms with Gasteiger partial charge in [-0.25, -0.2) is 8.42 Å². The summed E-state index contributed by atoms with van der Waals surface area (Å²) < 4.78 is 34.6. The Kier molecular flexibility index (Phi) is 1.89. The summed E-state index contributed by atoms with van der Waals surface area (Å²) in [6, 6.07) is 0. The number of halogens is 2. The molecule has 0 aromatic carbocycles. The topological polar surface area (TPSA) is 52.0 Å². The maximum atomic E-state index is 12.5. The number of rotatable bonds is 1. The van der Waals surface area contributed by atoms with Crippen LogP contribution in [0.4, 0.5) is 4.39 Å². The zero-order valence-electron chi connectivity index (χ0n) is 5.45. The molecule has 7 heteroatoms. The Morgan fingerprint density at radius 3 is 2.45 bits per heavy atom. The van der Waals surface area contributed by atoms with Gasteiger partial charge in [0.15, 0.2) is 4.90 Å². The molecule has 0 unspecified atom stereocenters. The molecule has 0 saturated carbocycles. The van der Waals surface area contributed by atoms with Crippen LogP contribution in [0.3, 0.4) is 0 Å². The number of aryl methyl sites for hydroxylation is 1. The monoisotopic (exact) mass is 198 g/mol. The summed E-state index contributed by atoms with van der Waals surface area (Å²) in [4.78, 5) is -0.596. The second kappa shape index (κ2) is 2.46. The Morgan fingerprint density at radius 1 is 1.73 bits per heavy atom. The van der Waals surface area contributed by atoms with Gasteiger partial charge in [-0.05, 0) is 0 Å². The minimum atomic E-state index is -4.00. The standard InChI is InChI=1S/C4H4ClFN2O2S/c1-8-2-3(4(6)7-8)11(5,9)10/h2H,1H3. The lowest BCUT2D eigenvalue weighted by molar-refractivity contribution is 0.532. The Morgan fingerprint density at radius 2 is 2.27 bits per heavy atom. The molecule has 1 rings (SSSR count). The summed E-state index contributed by atoms with van der Waals surface area (Å²) in [5.74, 6) is -1.08. The van der Waals surface area contributed by atoms with Crippen molar-refractivity contribution in [1.29, 1.82) is 0 Å². The van der Waals surface area contributed by atoms with Crippen molar-refractivity contribution in [1.82, 2.24) is 9.78 Å². The predicted molar refractivity (Wildman–Crippen MR) is 36.2 cm³/mol. The van der Waals surface area contributed by atoms with Crippen molar-refractivity contribution >= 4 is 19.7 Å². The lowest BCUT2D eigenvalue weighted by Gasteiger charge is -1.85. The SMILES string of the molecule is Cn1cc(S(=O)(=O)Cl)c(F)n1. The summed E-state index contributed by atoms with van der Waals surface area (Å²) >= 11 is 0. The Balaban J connectivity index is 3.36. The van der Waals surface area contributed by atoms with Crippen LogP contribution in [-0.2, 0) is 16.1 Å². The van der Waals surface area contributed by atoms with E-state index in [1.54, 1.807) is 0 Å². The first-order valence-corrected chi connectivity index (χ1v) is 4.86. The van der Waals surface area contributed by atoms with Crippen molar-refractivity contribution < 1.29 is 12.8 Å². The van der Waals surface area contributed by atoms with Gasteiger partial charge in [-0.1, -0.05) is 0 Å². The van der Waals surface area contributed by atoms with Crippen LogP contribution in [-0.4, -0.2) is 18.2 Å². The molecule has 1 heterocycles. The third kappa shape index (κ3) is 1.69. The lowest BCUT2D eigenvalue weighted by atomic mass is 10.7. The molecule has 0 N–H and O–H groups in total. The van der Waals surface area contributed by atoms with Crippen LogP contribution in [0.5, 0.6) is 0 Å². The number of hydrogen-bond donors (Lipinski definition) is 0. The molecule has 0 aliphatic rings.